The highest BCUT2D eigenvalue weighted by molar-refractivity contribution is 5.70. The molecular weight excluding hydrogens is 410 g/mol. The van der Waals surface area contributed by atoms with Gasteiger partial charge in [-0.2, -0.15) is 4.98 Å². The molecule has 1 aliphatic rings. The maximum atomic E-state index is 12.4. The molecule has 1 heterocycles. The Balaban J connectivity index is 0.00000249. The lowest BCUT2D eigenvalue weighted by Gasteiger charge is -2.23. The third kappa shape index (κ3) is 11.6. The highest BCUT2D eigenvalue weighted by Crippen LogP contribution is 2.31. The number of ether oxygens (including phenoxy) is 1. The first-order chi connectivity index (χ1) is 15.1. The number of aliphatic carboxylic acids is 1. The van der Waals surface area contributed by atoms with Crippen LogP contribution in [-0.2, 0) is 20.9 Å². The third-order valence-corrected chi connectivity index (χ3v) is 5.37. The molecule has 8 heteroatoms. The van der Waals surface area contributed by atoms with Crippen molar-refractivity contribution < 1.29 is 24.0 Å². The summed E-state index contributed by atoms with van der Waals surface area (Å²) in [6.45, 7) is 9.73. The quantitative estimate of drug-likeness (QED) is 0.457. The van der Waals surface area contributed by atoms with E-state index < -0.39 is 11.6 Å². The zero-order valence-electron chi connectivity index (χ0n) is 20.9. The van der Waals surface area contributed by atoms with Gasteiger partial charge in [-0.05, 0) is 40.2 Å². The number of hydrogen-bond donors (Lipinski definition) is 1. The molecule has 0 spiro atoms. The molecule has 32 heavy (non-hydrogen) atoms. The summed E-state index contributed by atoms with van der Waals surface area (Å²) in [6.07, 6.45) is 9.76. The average Bonchev–Trinajstić information content (AvgIpc) is 3.15. The van der Waals surface area contributed by atoms with Gasteiger partial charge in [0.15, 0.2) is 5.82 Å². The van der Waals surface area contributed by atoms with Crippen molar-refractivity contribution in [2.75, 3.05) is 13.6 Å². The molecule has 0 radical (unpaired) electrons. The molecule has 1 atom stereocenters. The fourth-order valence-electron chi connectivity index (χ4n) is 4.05. The fraction of sp³-hybridized carbons (Fsp3) is 0.833. The second-order valence-corrected chi connectivity index (χ2v) is 9.54. The van der Waals surface area contributed by atoms with Crippen LogP contribution < -0.4 is 0 Å². The number of nitrogens with zero attached hydrogens (tertiary/aromatic N) is 3. The van der Waals surface area contributed by atoms with Gasteiger partial charge in [0.25, 0.3) is 0 Å². The lowest BCUT2D eigenvalue weighted by Crippen LogP contribution is -2.26. The van der Waals surface area contributed by atoms with Gasteiger partial charge in [-0.15, -0.1) is 0 Å². The molecule has 0 aliphatic heterocycles. The van der Waals surface area contributed by atoms with Crippen molar-refractivity contribution in [3.05, 3.63) is 11.7 Å². The van der Waals surface area contributed by atoms with E-state index in [0.717, 1.165) is 25.2 Å². The molecule has 0 unspecified atom stereocenters. The lowest BCUT2D eigenvalue weighted by atomic mass is 9.84. The van der Waals surface area contributed by atoms with Crippen LogP contribution in [0.25, 0.3) is 0 Å². The molecule has 2 rings (SSSR count). The first kappa shape index (κ1) is 28.1. The molecule has 0 bridgehead atoms. The minimum absolute atomic E-state index is 0.105. The van der Waals surface area contributed by atoms with Gasteiger partial charge in [0, 0.05) is 5.92 Å². The van der Waals surface area contributed by atoms with E-state index in [1.54, 1.807) is 11.9 Å². The van der Waals surface area contributed by atoms with E-state index in [1.807, 2.05) is 34.6 Å². The number of likely N-dealkylation sites (N-methyl/N-ethyl adjacent to an activating group) is 1. The molecule has 1 N–H and O–H groups in total. The summed E-state index contributed by atoms with van der Waals surface area (Å²) in [7, 11) is 1.69. The first-order valence-electron chi connectivity index (χ1n) is 12.1. The van der Waals surface area contributed by atoms with Crippen LogP contribution >= 0.6 is 0 Å². The van der Waals surface area contributed by atoms with Crippen LogP contribution in [0.2, 0.25) is 0 Å². The van der Waals surface area contributed by atoms with Gasteiger partial charge in [-0.25, -0.2) is 0 Å². The summed E-state index contributed by atoms with van der Waals surface area (Å²) < 4.78 is 11.0. The van der Waals surface area contributed by atoms with Crippen LogP contribution in [-0.4, -0.2) is 51.3 Å². The Hall–Kier alpha value is -1.96. The number of carboxylic acids is 1. The van der Waals surface area contributed by atoms with E-state index in [9.17, 15) is 9.59 Å². The smallest absolute Gasteiger partial charge is 0.317 e. The van der Waals surface area contributed by atoms with Gasteiger partial charge in [-0.3, -0.25) is 14.5 Å². The molecule has 0 amide bonds. The van der Waals surface area contributed by atoms with Crippen LogP contribution in [0.3, 0.4) is 0 Å². The second kappa shape index (κ2) is 14.2. The van der Waals surface area contributed by atoms with Gasteiger partial charge >= 0.3 is 11.9 Å². The predicted octanol–water partition coefficient (Wildman–Crippen LogP) is 5.18. The van der Waals surface area contributed by atoms with Gasteiger partial charge in [0.1, 0.15) is 5.60 Å². The van der Waals surface area contributed by atoms with Crippen LogP contribution in [0.1, 0.15) is 110 Å². The Morgan fingerprint density at radius 3 is 2.47 bits per heavy atom. The summed E-state index contributed by atoms with van der Waals surface area (Å²) in [5.41, 5.74) is -0.538. The SMILES string of the molecule is CC.CN(CC(=O)O)Cc1noc([C@H](CCCC2CCCCC2)CC(=O)OC(C)(C)C)n1. The first-order valence-corrected chi connectivity index (χ1v) is 12.1. The van der Waals surface area contributed by atoms with E-state index in [2.05, 4.69) is 10.1 Å². The van der Waals surface area contributed by atoms with Crippen molar-refractivity contribution in [3.8, 4) is 0 Å². The molecule has 0 saturated heterocycles. The van der Waals surface area contributed by atoms with Crippen molar-refractivity contribution in [1.29, 1.82) is 0 Å². The molecule has 8 nitrogen and oxygen atoms in total. The number of aromatic nitrogens is 2. The maximum absolute atomic E-state index is 12.4. The second-order valence-electron chi connectivity index (χ2n) is 9.54. The number of rotatable bonds is 11. The Labute approximate surface area is 193 Å². The Morgan fingerprint density at radius 1 is 1.22 bits per heavy atom. The summed E-state index contributed by atoms with van der Waals surface area (Å²) in [6, 6.07) is 0. The van der Waals surface area contributed by atoms with E-state index in [1.165, 1.54) is 32.1 Å². The minimum atomic E-state index is -0.910. The molecule has 1 aliphatic carbocycles. The predicted molar refractivity (Wildman–Crippen MR) is 123 cm³/mol. The van der Waals surface area contributed by atoms with Crippen molar-refractivity contribution in [2.45, 2.75) is 110 Å². The molecule has 1 fully saturated rings. The van der Waals surface area contributed by atoms with Crippen LogP contribution in [0, 0.1) is 5.92 Å². The van der Waals surface area contributed by atoms with Gasteiger partial charge < -0.3 is 14.4 Å². The summed E-state index contributed by atoms with van der Waals surface area (Å²) >= 11 is 0. The lowest BCUT2D eigenvalue weighted by molar-refractivity contribution is -0.155. The number of carbonyl (C=O) groups is 2. The highest BCUT2D eigenvalue weighted by Gasteiger charge is 2.26. The Kier molecular flexibility index (Phi) is 12.5. The minimum Gasteiger partial charge on any atom is -0.480 e. The molecular formula is C24H43N3O5. The number of carbonyl (C=O) groups excluding carboxylic acids is 1. The molecule has 0 aromatic carbocycles. The van der Waals surface area contributed by atoms with Gasteiger partial charge in [-0.1, -0.05) is 63.9 Å². The van der Waals surface area contributed by atoms with Crippen molar-refractivity contribution in [3.63, 3.8) is 0 Å². The zero-order valence-corrected chi connectivity index (χ0v) is 20.9. The van der Waals surface area contributed by atoms with E-state index in [0.29, 0.717) is 11.7 Å². The summed E-state index contributed by atoms with van der Waals surface area (Å²) in [4.78, 5) is 29.3. The molecule has 184 valence electrons. The Morgan fingerprint density at radius 2 is 1.88 bits per heavy atom. The molecule has 1 aromatic rings. The highest BCUT2D eigenvalue weighted by atomic mass is 16.6. The van der Waals surface area contributed by atoms with Crippen LogP contribution in [0.4, 0.5) is 0 Å². The normalized spacial score (nSPS) is 15.7. The maximum Gasteiger partial charge on any atom is 0.317 e. The largest absolute Gasteiger partial charge is 0.480 e. The summed E-state index contributed by atoms with van der Waals surface area (Å²) in [5.74, 6) is 0.274. The number of carboxylic acid groups (broad SMARTS) is 1. The molecule has 1 saturated carbocycles. The van der Waals surface area contributed by atoms with Gasteiger partial charge in [0.05, 0.1) is 19.5 Å². The van der Waals surface area contributed by atoms with Crippen molar-refractivity contribution in [1.82, 2.24) is 15.0 Å². The van der Waals surface area contributed by atoms with E-state index in [-0.39, 0.29) is 31.4 Å². The number of esters is 1. The Bertz CT molecular complexity index is 677. The van der Waals surface area contributed by atoms with Crippen molar-refractivity contribution in [2.24, 2.45) is 5.92 Å². The fourth-order valence-corrected chi connectivity index (χ4v) is 4.05. The monoisotopic (exact) mass is 453 g/mol. The average molecular weight is 454 g/mol. The topological polar surface area (TPSA) is 106 Å². The van der Waals surface area contributed by atoms with Crippen molar-refractivity contribution >= 4 is 11.9 Å². The van der Waals surface area contributed by atoms with E-state index >= 15 is 0 Å². The molecule has 1 aromatic heterocycles. The summed E-state index contributed by atoms with van der Waals surface area (Å²) in [5, 5.41) is 12.9. The van der Waals surface area contributed by atoms with E-state index in [4.69, 9.17) is 14.4 Å². The van der Waals surface area contributed by atoms with Crippen LogP contribution in [0.15, 0.2) is 4.52 Å². The number of hydrogen-bond acceptors (Lipinski definition) is 7. The zero-order chi connectivity index (χ0) is 24.1. The van der Waals surface area contributed by atoms with Crippen LogP contribution in [0.5, 0.6) is 0 Å². The third-order valence-electron chi connectivity index (χ3n) is 5.37. The standard InChI is InChI=1S/C22H37N3O5.C2H6/c1-22(2,3)29-20(28)13-17(12-8-11-16-9-6-5-7-10-16)21-23-18(24-30-21)14-25(4)15-19(26)27;1-2/h16-17H,5-15H2,1-4H3,(H,26,27);1-2H3/t17-;/m1./s1. The van der Waals surface area contributed by atoms with Gasteiger partial charge in [0.2, 0.25) is 5.89 Å².